The number of hydrogen-bond acceptors (Lipinski definition) is 3. The van der Waals surface area contributed by atoms with Gasteiger partial charge >= 0.3 is 0 Å². The van der Waals surface area contributed by atoms with Crippen LogP contribution in [0.4, 0.5) is 0 Å². The Bertz CT molecular complexity index is 143. The lowest BCUT2D eigenvalue weighted by molar-refractivity contribution is -0.131. The third-order valence-corrected chi connectivity index (χ3v) is 2.01. The first kappa shape index (κ1) is 13.4. The third-order valence-electron chi connectivity index (χ3n) is 2.01. The van der Waals surface area contributed by atoms with Gasteiger partial charge in [-0.2, -0.15) is 0 Å². The summed E-state index contributed by atoms with van der Waals surface area (Å²) in [5.74, 6) is 0.206. The Morgan fingerprint density at radius 2 is 2.14 bits per heavy atom. The molecule has 0 bridgehead atoms. The third kappa shape index (κ3) is 5.94. The van der Waals surface area contributed by atoms with Gasteiger partial charge in [0.15, 0.2) is 0 Å². The molecule has 0 aliphatic rings. The molecule has 4 nitrogen and oxygen atoms in total. The standard InChI is InChI=1S/C10H22N2O2/c1-3-5-10(13)12(7-4-6-11)8-9-14-2/h3-9,11H2,1-2H3. The van der Waals surface area contributed by atoms with Gasteiger partial charge in [-0.1, -0.05) is 6.92 Å². The fraction of sp³-hybridized carbons (Fsp3) is 0.900. The van der Waals surface area contributed by atoms with Crippen LogP contribution in [0.25, 0.3) is 0 Å². The van der Waals surface area contributed by atoms with E-state index < -0.39 is 0 Å². The molecule has 0 spiro atoms. The molecule has 84 valence electrons. The molecule has 0 heterocycles. The minimum atomic E-state index is 0.206. The number of amides is 1. The maximum Gasteiger partial charge on any atom is 0.222 e. The normalized spacial score (nSPS) is 10.2. The van der Waals surface area contributed by atoms with Crippen LogP contribution in [0.2, 0.25) is 0 Å². The van der Waals surface area contributed by atoms with Gasteiger partial charge in [0, 0.05) is 26.6 Å². The van der Waals surface area contributed by atoms with E-state index >= 15 is 0 Å². The van der Waals surface area contributed by atoms with Crippen LogP contribution in [-0.2, 0) is 9.53 Å². The Balaban J connectivity index is 3.88. The summed E-state index contributed by atoms with van der Waals surface area (Å²) in [5.41, 5.74) is 5.41. The number of rotatable bonds is 8. The summed E-state index contributed by atoms with van der Waals surface area (Å²) in [6, 6.07) is 0. The van der Waals surface area contributed by atoms with E-state index in [4.69, 9.17) is 10.5 Å². The maximum absolute atomic E-state index is 11.6. The van der Waals surface area contributed by atoms with E-state index in [0.29, 0.717) is 26.1 Å². The van der Waals surface area contributed by atoms with Crippen molar-refractivity contribution >= 4 is 5.91 Å². The predicted molar refractivity (Wildman–Crippen MR) is 57.0 cm³/mol. The van der Waals surface area contributed by atoms with Crippen LogP contribution >= 0.6 is 0 Å². The summed E-state index contributed by atoms with van der Waals surface area (Å²) < 4.78 is 4.96. The van der Waals surface area contributed by atoms with Crippen LogP contribution in [0.1, 0.15) is 26.2 Å². The Morgan fingerprint density at radius 3 is 2.64 bits per heavy atom. The molecule has 0 radical (unpaired) electrons. The first-order chi connectivity index (χ1) is 6.76. The van der Waals surface area contributed by atoms with Crippen LogP contribution in [0.5, 0.6) is 0 Å². The zero-order chi connectivity index (χ0) is 10.8. The molecule has 0 rings (SSSR count). The second-order valence-corrected chi connectivity index (χ2v) is 3.27. The first-order valence-corrected chi connectivity index (χ1v) is 5.23. The molecule has 14 heavy (non-hydrogen) atoms. The van der Waals surface area contributed by atoms with Gasteiger partial charge in [0.2, 0.25) is 5.91 Å². The van der Waals surface area contributed by atoms with Crippen molar-refractivity contribution in [3.63, 3.8) is 0 Å². The number of methoxy groups -OCH3 is 1. The summed E-state index contributed by atoms with van der Waals surface area (Å²) in [6.45, 7) is 4.66. The van der Waals surface area contributed by atoms with Crippen molar-refractivity contribution < 1.29 is 9.53 Å². The van der Waals surface area contributed by atoms with Crippen LogP contribution in [0.15, 0.2) is 0 Å². The van der Waals surface area contributed by atoms with Gasteiger partial charge in [-0.25, -0.2) is 0 Å². The Hall–Kier alpha value is -0.610. The van der Waals surface area contributed by atoms with Crippen molar-refractivity contribution in [2.24, 2.45) is 5.73 Å². The molecule has 4 heteroatoms. The van der Waals surface area contributed by atoms with Crippen molar-refractivity contribution in [3.8, 4) is 0 Å². The number of nitrogens with two attached hydrogens (primary N) is 1. The molecule has 2 N–H and O–H groups in total. The van der Waals surface area contributed by atoms with E-state index in [9.17, 15) is 4.79 Å². The van der Waals surface area contributed by atoms with Crippen LogP contribution in [-0.4, -0.2) is 44.2 Å². The van der Waals surface area contributed by atoms with Crippen molar-refractivity contribution in [1.29, 1.82) is 0 Å². The molecule has 0 aromatic rings. The van der Waals surface area contributed by atoms with Gasteiger partial charge in [-0.05, 0) is 19.4 Å². The monoisotopic (exact) mass is 202 g/mol. The topological polar surface area (TPSA) is 55.6 Å². The molecular formula is C10H22N2O2. The van der Waals surface area contributed by atoms with Gasteiger partial charge in [-0.3, -0.25) is 4.79 Å². The molecular weight excluding hydrogens is 180 g/mol. The largest absolute Gasteiger partial charge is 0.383 e. The number of carbonyl (C=O) groups excluding carboxylic acids is 1. The summed E-state index contributed by atoms with van der Waals surface area (Å²) in [5, 5.41) is 0. The summed E-state index contributed by atoms with van der Waals surface area (Å²) in [7, 11) is 1.64. The van der Waals surface area contributed by atoms with Crippen LogP contribution in [0.3, 0.4) is 0 Å². The van der Waals surface area contributed by atoms with Crippen LogP contribution < -0.4 is 5.73 Å². The molecule has 0 unspecified atom stereocenters. The average molecular weight is 202 g/mol. The minimum Gasteiger partial charge on any atom is -0.383 e. The van der Waals surface area contributed by atoms with E-state index in [0.717, 1.165) is 19.4 Å². The lowest BCUT2D eigenvalue weighted by Crippen LogP contribution is -2.35. The molecule has 0 aliphatic carbocycles. The fourth-order valence-corrected chi connectivity index (χ4v) is 1.22. The van der Waals surface area contributed by atoms with Gasteiger partial charge < -0.3 is 15.4 Å². The van der Waals surface area contributed by atoms with E-state index in [-0.39, 0.29) is 5.91 Å². The van der Waals surface area contributed by atoms with E-state index in [2.05, 4.69) is 0 Å². The van der Waals surface area contributed by atoms with Crippen molar-refractivity contribution in [3.05, 3.63) is 0 Å². The average Bonchev–Trinajstić information content (AvgIpc) is 2.18. The van der Waals surface area contributed by atoms with E-state index in [1.807, 2.05) is 11.8 Å². The summed E-state index contributed by atoms with van der Waals surface area (Å²) in [6.07, 6.45) is 2.37. The summed E-state index contributed by atoms with van der Waals surface area (Å²) >= 11 is 0. The van der Waals surface area contributed by atoms with Gasteiger partial charge in [-0.15, -0.1) is 0 Å². The lowest BCUT2D eigenvalue weighted by atomic mass is 10.3. The highest BCUT2D eigenvalue weighted by Gasteiger charge is 2.10. The first-order valence-electron chi connectivity index (χ1n) is 5.23. The molecule has 0 aromatic heterocycles. The molecule has 0 aromatic carbocycles. The number of carbonyl (C=O) groups is 1. The fourth-order valence-electron chi connectivity index (χ4n) is 1.22. The molecule has 0 saturated heterocycles. The predicted octanol–water partition coefficient (Wildman–Crippen LogP) is 0.610. The Morgan fingerprint density at radius 1 is 1.43 bits per heavy atom. The quantitative estimate of drug-likeness (QED) is 0.627. The molecule has 0 atom stereocenters. The number of ether oxygens (including phenoxy) is 1. The minimum absolute atomic E-state index is 0.206. The number of nitrogens with zero attached hydrogens (tertiary/aromatic N) is 1. The Kier molecular flexibility index (Phi) is 8.57. The van der Waals surface area contributed by atoms with Crippen molar-refractivity contribution in [1.82, 2.24) is 4.90 Å². The second kappa shape index (κ2) is 8.97. The van der Waals surface area contributed by atoms with Crippen LogP contribution in [0, 0.1) is 0 Å². The lowest BCUT2D eigenvalue weighted by Gasteiger charge is -2.21. The van der Waals surface area contributed by atoms with Gasteiger partial charge in [0.25, 0.3) is 0 Å². The second-order valence-electron chi connectivity index (χ2n) is 3.27. The van der Waals surface area contributed by atoms with Gasteiger partial charge in [0.05, 0.1) is 6.61 Å². The van der Waals surface area contributed by atoms with E-state index in [1.54, 1.807) is 7.11 Å². The Labute approximate surface area is 86.4 Å². The van der Waals surface area contributed by atoms with Crippen molar-refractivity contribution in [2.45, 2.75) is 26.2 Å². The zero-order valence-corrected chi connectivity index (χ0v) is 9.29. The summed E-state index contributed by atoms with van der Waals surface area (Å²) in [4.78, 5) is 13.4. The molecule has 0 aliphatic heterocycles. The number of hydrogen-bond donors (Lipinski definition) is 1. The molecule has 1 amide bonds. The zero-order valence-electron chi connectivity index (χ0n) is 9.29. The van der Waals surface area contributed by atoms with E-state index in [1.165, 1.54) is 0 Å². The smallest absolute Gasteiger partial charge is 0.222 e. The SMILES string of the molecule is CCCC(=O)N(CCCN)CCOC. The molecule has 0 saturated carbocycles. The molecule has 0 fully saturated rings. The van der Waals surface area contributed by atoms with Crippen molar-refractivity contribution in [2.75, 3.05) is 33.4 Å². The maximum atomic E-state index is 11.6. The highest BCUT2D eigenvalue weighted by molar-refractivity contribution is 5.76. The highest BCUT2D eigenvalue weighted by Crippen LogP contribution is 1.98. The van der Waals surface area contributed by atoms with Gasteiger partial charge in [0.1, 0.15) is 0 Å². The highest BCUT2D eigenvalue weighted by atomic mass is 16.5.